The average molecular weight is 311 g/mol. The molecule has 1 unspecified atom stereocenters. The van der Waals surface area contributed by atoms with Crippen LogP contribution in [0.2, 0.25) is 0 Å². The summed E-state index contributed by atoms with van der Waals surface area (Å²) in [6.45, 7) is 4.65. The number of hydrogen-bond donors (Lipinski definition) is 2. The maximum absolute atomic E-state index is 3.59. The van der Waals surface area contributed by atoms with Crippen LogP contribution >= 0.6 is 15.9 Å². The van der Waals surface area contributed by atoms with Crippen molar-refractivity contribution in [1.82, 2.24) is 10.6 Å². The molecule has 2 rings (SSSR count). The van der Waals surface area contributed by atoms with Crippen molar-refractivity contribution >= 4 is 15.9 Å². The number of rotatable bonds is 6. The highest BCUT2D eigenvalue weighted by molar-refractivity contribution is 9.10. The SMILES string of the molecule is Brc1ccccc1CCNCCC1CCCNC1. The number of nitrogens with one attached hydrogen (secondary N) is 2. The van der Waals surface area contributed by atoms with Crippen LogP contribution < -0.4 is 10.6 Å². The predicted molar refractivity (Wildman–Crippen MR) is 80.9 cm³/mol. The molecular formula is C15H23BrN2. The third-order valence-electron chi connectivity index (χ3n) is 3.66. The molecule has 0 spiro atoms. The smallest absolute Gasteiger partial charge is 0.0207 e. The first-order valence-electron chi connectivity index (χ1n) is 7.01. The molecule has 2 nitrogen and oxygen atoms in total. The average Bonchev–Trinajstić information content (AvgIpc) is 2.42. The predicted octanol–water partition coefficient (Wildman–Crippen LogP) is 2.97. The highest BCUT2D eigenvalue weighted by Crippen LogP contribution is 2.16. The Morgan fingerprint density at radius 1 is 1.28 bits per heavy atom. The quantitative estimate of drug-likeness (QED) is 0.789. The zero-order chi connectivity index (χ0) is 12.6. The summed E-state index contributed by atoms with van der Waals surface area (Å²) in [5, 5.41) is 7.03. The van der Waals surface area contributed by atoms with Gasteiger partial charge in [-0.05, 0) is 69.4 Å². The van der Waals surface area contributed by atoms with Gasteiger partial charge in [-0.3, -0.25) is 0 Å². The molecule has 100 valence electrons. The summed E-state index contributed by atoms with van der Waals surface area (Å²) in [4.78, 5) is 0. The van der Waals surface area contributed by atoms with E-state index in [-0.39, 0.29) is 0 Å². The monoisotopic (exact) mass is 310 g/mol. The van der Waals surface area contributed by atoms with E-state index in [0.29, 0.717) is 0 Å². The van der Waals surface area contributed by atoms with Crippen molar-refractivity contribution in [3.63, 3.8) is 0 Å². The first-order chi connectivity index (χ1) is 8.86. The molecule has 0 aromatic heterocycles. The second kappa shape index (κ2) is 7.93. The van der Waals surface area contributed by atoms with Gasteiger partial charge in [-0.15, -0.1) is 0 Å². The summed E-state index contributed by atoms with van der Waals surface area (Å²) in [5.74, 6) is 0.884. The van der Waals surface area contributed by atoms with E-state index in [0.717, 1.165) is 25.4 Å². The van der Waals surface area contributed by atoms with Gasteiger partial charge in [0.25, 0.3) is 0 Å². The van der Waals surface area contributed by atoms with Gasteiger partial charge >= 0.3 is 0 Å². The zero-order valence-electron chi connectivity index (χ0n) is 10.9. The number of piperidine rings is 1. The molecule has 1 saturated heterocycles. The summed E-state index contributed by atoms with van der Waals surface area (Å²) in [6.07, 6.45) is 5.16. The first kappa shape index (κ1) is 14.0. The van der Waals surface area contributed by atoms with E-state index in [1.165, 1.54) is 42.4 Å². The Bertz CT molecular complexity index is 348. The molecular weight excluding hydrogens is 288 g/mol. The Morgan fingerprint density at radius 2 is 2.17 bits per heavy atom. The fourth-order valence-corrected chi connectivity index (χ4v) is 3.01. The highest BCUT2D eigenvalue weighted by Gasteiger charge is 2.11. The first-order valence-corrected chi connectivity index (χ1v) is 7.80. The molecule has 1 aliphatic rings. The Balaban J connectivity index is 1.57. The Morgan fingerprint density at radius 3 is 2.94 bits per heavy atom. The van der Waals surface area contributed by atoms with E-state index in [9.17, 15) is 0 Å². The molecule has 18 heavy (non-hydrogen) atoms. The standard InChI is InChI=1S/C15H23BrN2/c16-15-6-2-1-5-14(15)8-11-17-10-7-13-4-3-9-18-12-13/h1-2,5-6,13,17-18H,3-4,7-12H2. The normalized spacial score (nSPS) is 19.9. The minimum Gasteiger partial charge on any atom is -0.316 e. The van der Waals surface area contributed by atoms with Crippen LogP contribution in [0.3, 0.4) is 0 Å². The molecule has 1 heterocycles. The van der Waals surface area contributed by atoms with E-state index in [1.54, 1.807) is 0 Å². The van der Waals surface area contributed by atoms with Crippen molar-refractivity contribution in [3.8, 4) is 0 Å². The third-order valence-corrected chi connectivity index (χ3v) is 4.43. The van der Waals surface area contributed by atoms with Crippen LogP contribution in [0.4, 0.5) is 0 Å². The molecule has 2 N–H and O–H groups in total. The van der Waals surface area contributed by atoms with Gasteiger partial charge in [-0.2, -0.15) is 0 Å². The van der Waals surface area contributed by atoms with E-state index < -0.39 is 0 Å². The summed E-state index contributed by atoms with van der Waals surface area (Å²) in [7, 11) is 0. The van der Waals surface area contributed by atoms with Gasteiger partial charge in [0.1, 0.15) is 0 Å². The second-order valence-corrected chi connectivity index (χ2v) is 5.95. The van der Waals surface area contributed by atoms with E-state index in [1.807, 2.05) is 0 Å². The van der Waals surface area contributed by atoms with Crippen LogP contribution in [-0.2, 0) is 6.42 Å². The van der Waals surface area contributed by atoms with Crippen molar-refractivity contribution in [1.29, 1.82) is 0 Å². The molecule has 1 fully saturated rings. The van der Waals surface area contributed by atoms with Gasteiger partial charge in [-0.25, -0.2) is 0 Å². The molecule has 1 aromatic carbocycles. The molecule has 1 atom stereocenters. The van der Waals surface area contributed by atoms with Crippen molar-refractivity contribution < 1.29 is 0 Å². The van der Waals surface area contributed by atoms with Gasteiger partial charge in [0.05, 0.1) is 0 Å². The lowest BCUT2D eigenvalue weighted by atomic mass is 9.96. The van der Waals surface area contributed by atoms with Gasteiger partial charge < -0.3 is 10.6 Å². The van der Waals surface area contributed by atoms with E-state index in [2.05, 4.69) is 50.8 Å². The van der Waals surface area contributed by atoms with Crippen LogP contribution in [0.25, 0.3) is 0 Å². The lowest BCUT2D eigenvalue weighted by molar-refractivity contribution is 0.352. The number of halogens is 1. The maximum Gasteiger partial charge on any atom is 0.0207 e. The van der Waals surface area contributed by atoms with Crippen LogP contribution in [0, 0.1) is 5.92 Å². The highest BCUT2D eigenvalue weighted by atomic mass is 79.9. The number of hydrogen-bond acceptors (Lipinski definition) is 2. The largest absolute Gasteiger partial charge is 0.316 e. The van der Waals surface area contributed by atoms with Gasteiger partial charge in [-0.1, -0.05) is 34.1 Å². The van der Waals surface area contributed by atoms with E-state index in [4.69, 9.17) is 0 Å². The topological polar surface area (TPSA) is 24.1 Å². The Hall–Kier alpha value is -0.380. The van der Waals surface area contributed by atoms with Gasteiger partial charge in [0, 0.05) is 4.47 Å². The summed E-state index contributed by atoms with van der Waals surface area (Å²) < 4.78 is 1.23. The molecule has 0 saturated carbocycles. The molecule has 0 bridgehead atoms. The lowest BCUT2D eigenvalue weighted by Crippen LogP contribution is -2.32. The molecule has 0 aliphatic carbocycles. The van der Waals surface area contributed by atoms with Crippen molar-refractivity contribution in [2.45, 2.75) is 25.7 Å². The van der Waals surface area contributed by atoms with Crippen molar-refractivity contribution in [3.05, 3.63) is 34.3 Å². The molecule has 0 amide bonds. The fourth-order valence-electron chi connectivity index (χ4n) is 2.53. The molecule has 3 heteroatoms. The van der Waals surface area contributed by atoms with Crippen LogP contribution in [0.1, 0.15) is 24.8 Å². The summed E-state index contributed by atoms with van der Waals surface area (Å²) in [5.41, 5.74) is 1.39. The third kappa shape index (κ3) is 4.71. The van der Waals surface area contributed by atoms with Crippen LogP contribution in [-0.4, -0.2) is 26.2 Å². The maximum atomic E-state index is 3.59. The minimum absolute atomic E-state index is 0.884. The molecule has 1 aliphatic heterocycles. The van der Waals surface area contributed by atoms with E-state index >= 15 is 0 Å². The molecule has 0 radical (unpaired) electrons. The Labute approximate surface area is 119 Å². The fraction of sp³-hybridized carbons (Fsp3) is 0.600. The van der Waals surface area contributed by atoms with Crippen molar-refractivity contribution in [2.24, 2.45) is 5.92 Å². The van der Waals surface area contributed by atoms with Gasteiger partial charge in [0.15, 0.2) is 0 Å². The van der Waals surface area contributed by atoms with Crippen LogP contribution in [0.15, 0.2) is 28.7 Å². The van der Waals surface area contributed by atoms with Crippen molar-refractivity contribution in [2.75, 3.05) is 26.2 Å². The zero-order valence-corrected chi connectivity index (χ0v) is 12.5. The molecule has 1 aromatic rings. The minimum atomic E-state index is 0.884. The summed E-state index contributed by atoms with van der Waals surface area (Å²) >= 11 is 3.59. The van der Waals surface area contributed by atoms with Gasteiger partial charge in [0.2, 0.25) is 0 Å². The lowest BCUT2D eigenvalue weighted by Gasteiger charge is -2.22. The number of benzene rings is 1. The van der Waals surface area contributed by atoms with Crippen LogP contribution in [0.5, 0.6) is 0 Å². The summed E-state index contributed by atoms with van der Waals surface area (Å²) in [6, 6.07) is 8.48. The Kier molecular flexibility index (Phi) is 6.18. The second-order valence-electron chi connectivity index (χ2n) is 5.09.